The number of ketones is 1. The second-order valence-corrected chi connectivity index (χ2v) is 10.5. The molecule has 0 saturated carbocycles. The van der Waals surface area contributed by atoms with Gasteiger partial charge in [0.25, 0.3) is 0 Å². The lowest BCUT2D eigenvalue weighted by Gasteiger charge is -2.37. The zero-order chi connectivity index (χ0) is 25.7. The largest absolute Gasteiger partial charge is 0.506 e. The fraction of sp³-hybridized carbons (Fsp3) is 0.214. The van der Waals surface area contributed by atoms with E-state index >= 15 is 0 Å². The lowest BCUT2D eigenvalue weighted by molar-refractivity contribution is 0.0942. The van der Waals surface area contributed by atoms with Gasteiger partial charge in [0, 0.05) is 23.6 Å². The van der Waals surface area contributed by atoms with E-state index in [1.54, 1.807) is 39.9 Å². The van der Waals surface area contributed by atoms with Crippen molar-refractivity contribution in [3.8, 4) is 11.4 Å². The van der Waals surface area contributed by atoms with Gasteiger partial charge in [0.15, 0.2) is 5.78 Å². The first kappa shape index (κ1) is 23.7. The van der Waals surface area contributed by atoms with E-state index in [1.165, 1.54) is 0 Å². The Morgan fingerprint density at radius 1 is 1.08 bits per heavy atom. The predicted octanol–water partition coefficient (Wildman–Crippen LogP) is 5.94. The topological polar surface area (TPSA) is 85.3 Å². The van der Waals surface area contributed by atoms with E-state index in [2.05, 4.69) is 22.3 Å². The van der Waals surface area contributed by atoms with Gasteiger partial charge in [0.2, 0.25) is 0 Å². The second-order valence-electron chi connectivity index (χ2n) is 9.70. The van der Waals surface area contributed by atoms with Crippen molar-refractivity contribution < 1.29 is 9.90 Å². The summed E-state index contributed by atoms with van der Waals surface area (Å²) < 4.78 is 3.44. The molecule has 0 saturated heterocycles. The molecule has 0 amide bonds. The molecule has 5 aromatic rings. The Morgan fingerprint density at radius 2 is 1.78 bits per heavy atom. The monoisotopic (exact) mass is 531 g/mol. The molecule has 1 unspecified atom stereocenters. The minimum Gasteiger partial charge on any atom is -0.506 e. The van der Waals surface area contributed by atoms with Crippen LogP contribution in [0.15, 0.2) is 67.4 Å². The lowest BCUT2D eigenvalue weighted by atomic mass is 9.65. The predicted molar refractivity (Wildman–Crippen MR) is 142 cm³/mol. The summed E-state index contributed by atoms with van der Waals surface area (Å²) in [6.45, 7) is 1.93. The highest BCUT2D eigenvalue weighted by Crippen LogP contribution is 2.45. The third kappa shape index (κ3) is 4.08. The quantitative estimate of drug-likeness (QED) is 0.284. The first-order valence-corrected chi connectivity index (χ1v) is 12.7. The minimum atomic E-state index is -0.508. The van der Waals surface area contributed by atoms with Gasteiger partial charge in [-0.1, -0.05) is 53.5 Å². The van der Waals surface area contributed by atoms with E-state index in [0.29, 0.717) is 29.6 Å². The molecule has 0 radical (unpaired) electrons. The number of fused-ring (bicyclic) bond motifs is 3. The molecule has 7 nitrogen and oxygen atoms in total. The van der Waals surface area contributed by atoms with Crippen molar-refractivity contribution in [1.82, 2.24) is 24.4 Å². The molecule has 0 aliphatic heterocycles. The summed E-state index contributed by atoms with van der Waals surface area (Å²) in [4.78, 5) is 13.9. The molecule has 3 heterocycles. The molecule has 0 bridgehead atoms. The van der Waals surface area contributed by atoms with E-state index in [0.717, 1.165) is 28.8 Å². The summed E-state index contributed by atoms with van der Waals surface area (Å²) in [6.07, 6.45) is 7.19. The van der Waals surface area contributed by atoms with Crippen molar-refractivity contribution in [2.24, 2.45) is 0 Å². The van der Waals surface area contributed by atoms with Gasteiger partial charge in [-0.15, -0.1) is 10.2 Å². The molecule has 1 N–H and O–H groups in total. The molecule has 2 aromatic carbocycles. The maximum absolute atomic E-state index is 13.9. The van der Waals surface area contributed by atoms with Gasteiger partial charge in [-0.3, -0.25) is 9.36 Å². The van der Waals surface area contributed by atoms with Crippen LogP contribution >= 0.6 is 23.2 Å². The number of aryl methyl sites for hydroxylation is 2. The van der Waals surface area contributed by atoms with Crippen LogP contribution in [-0.2, 0) is 18.3 Å². The highest BCUT2D eigenvalue weighted by atomic mass is 35.5. The number of benzene rings is 2. The van der Waals surface area contributed by atoms with Gasteiger partial charge < -0.3 is 5.11 Å². The number of Topliss-reactive ketones (excluding diaryl/α,β-unsaturated/α-hetero) is 1. The lowest BCUT2D eigenvalue weighted by Crippen LogP contribution is -2.36. The van der Waals surface area contributed by atoms with E-state index < -0.39 is 5.41 Å². The molecule has 3 aromatic heterocycles. The number of hydrogen-bond donors (Lipinski definition) is 1. The number of pyridine rings is 1. The summed E-state index contributed by atoms with van der Waals surface area (Å²) in [6, 6.07) is 15.2. The van der Waals surface area contributed by atoms with Crippen molar-refractivity contribution in [3.63, 3.8) is 0 Å². The zero-order valence-corrected chi connectivity index (χ0v) is 21.5. The number of carbonyl (C=O) groups is 1. The van der Waals surface area contributed by atoms with Crippen LogP contribution in [0.5, 0.6) is 5.75 Å². The summed E-state index contributed by atoms with van der Waals surface area (Å²) >= 11 is 13.3. The van der Waals surface area contributed by atoms with E-state index in [-0.39, 0.29) is 28.0 Å². The third-order valence-corrected chi connectivity index (χ3v) is 7.88. The molecule has 6 rings (SSSR count). The molecule has 1 aliphatic carbocycles. The molecule has 9 heteroatoms. The van der Waals surface area contributed by atoms with Crippen LogP contribution < -0.4 is 0 Å². The highest BCUT2D eigenvalue weighted by molar-refractivity contribution is 6.40. The number of nitrogens with zero attached hydrogens (tertiary/aromatic N) is 5. The van der Waals surface area contributed by atoms with Crippen LogP contribution in [0.3, 0.4) is 0 Å². The van der Waals surface area contributed by atoms with Crippen molar-refractivity contribution in [1.29, 1.82) is 0 Å². The fourth-order valence-corrected chi connectivity index (χ4v) is 6.25. The van der Waals surface area contributed by atoms with Crippen molar-refractivity contribution >= 4 is 34.5 Å². The van der Waals surface area contributed by atoms with Crippen LogP contribution in [0.4, 0.5) is 0 Å². The van der Waals surface area contributed by atoms with Gasteiger partial charge in [0.05, 0.1) is 27.0 Å². The molecule has 1 aliphatic rings. The molecule has 37 heavy (non-hydrogen) atoms. The molecule has 1 atom stereocenters. The highest BCUT2D eigenvalue weighted by Gasteiger charge is 2.41. The summed E-state index contributed by atoms with van der Waals surface area (Å²) in [5, 5.41) is 23.8. The van der Waals surface area contributed by atoms with Crippen LogP contribution in [0.1, 0.15) is 45.6 Å². The smallest absolute Gasteiger partial charge is 0.166 e. The Morgan fingerprint density at radius 3 is 2.49 bits per heavy atom. The second kappa shape index (κ2) is 9.01. The number of hydrogen-bond acceptors (Lipinski definition) is 5. The van der Waals surface area contributed by atoms with Crippen molar-refractivity contribution in [2.75, 3.05) is 0 Å². The van der Waals surface area contributed by atoms with Crippen LogP contribution in [0.2, 0.25) is 10.0 Å². The van der Waals surface area contributed by atoms with Gasteiger partial charge in [-0.25, -0.2) is 4.52 Å². The number of aromatic hydroxyl groups is 1. The average Bonchev–Trinajstić information content (AvgIpc) is 3.52. The number of halogens is 2. The van der Waals surface area contributed by atoms with Gasteiger partial charge in [0.1, 0.15) is 23.9 Å². The molecule has 0 spiro atoms. The van der Waals surface area contributed by atoms with Gasteiger partial charge in [-0.2, -0.15) is 5.10 Å². The Bertz CT molecular complexity index is 1620. The average molecular weight is 532 g/mol. The van der Waals surface area contributed by atoms with Crippen molar-refractivity contribution in [2.45, 2.75) is 38.0 Å². The number of rotatable bonds is 5. The summed E-state index contributed by atoms with van der Waals surface area (Å²) in [5.41, 5.74) is 5.08. The Balaban J connectivity index is 1.42. The first-order valence-electron chi connectivity index (χ1n) is 12.0. The molecular weight excluding hydrogens is 509 g/mol. The Kier molecular flexibility index (Phi) is 5.77. The van der Waals surface area contributed by atoms with Crippen LogP contribution in [0, 0.1) is 6.92 Å². The summed E-state index contributed by atoms with van der Waals surface area (Å²) in [5.74, 6) is 0.0637. The van der Waals surface area contributed by atoms with Crippen molar-refractivity contribution in [3.05, 3.63) is 105 Å². The maximum atomic E-state index is 13.9. The first-order chi connectivity index (χ1) is 17.8. The van der Waals surface area contributed by atoms with E-state index in [1.807, 2.05) is 31.3 Å². The standard InChI is InChI=1S/C28H23Cl2N5O2/c1-17-9-24(36)27-20-12-28(18-5-3-2-4-6-18,8-7-23(20)33-35(27)14-17)13-25(37)26-21(29)10-19(11-22(26)30)34-15-31-32-16-34/h2-6,9-11,14-16,36H,7-8,12-13H2,1H3. The van der Waals surface area contributed by atoms with Crippen LogP contribution in [-0.4, -0.2) is 35.3 Å². The minimum absolute atomic E-state index is 0.130. The molecule has 186 valence electrons. The summed E-state index contributed by atoms with van der Waals surface area (Å²) in [7, 11) is 0. The Hall–Kier alpha value is -3.68. The zero-order valence-electron chi connectivity index (χ0n) is 20.0. The number of carbonyl (C=O) groups excluding carboxylic acids is 1. The van der Waals surface area contributed by atoms with Gasteiger partial charge >= 0.3 is 0 Å². The van der Waals surface area contributed by atoms with Gasteiger partial charge in [-0.05, 0) is 55.5 Å². The van der Waals surface area contributed by atoms with E-state index in [9.17, 15) is 9.90 Å². The van der Waals surface area contributed by atoms with Crippen LogP contribution in [0.25, 0.3) is 11.2 Å². The SMILES string of the molecule is Cc1cc(O)c2c3c(nn2c1)CCC(CC(=O)c1c(Cl)cc(-n2cnnc2)cc1Cl)(c1ccccc1)C3. The fourth-order valence-electron chi connectivity index (χ4n) is 5.56. The Labute approximate surface area is 223 Å². The maximum Gasteiger partial charge on any atom is 0.166 e. The number of aromatic nitrogens is 5. The van der Waals surface area contributed by atoms with E-state index in [4.69, 9.17) is 28.3 Å². The third-order valence-electron chi connectivity index (χ3n) is 7.29. The molecular formula is C28H23Cl2N5O2. The molecule has 0 fully saturated rings. The normalized spacial score (nSPS) is 17.2.